The molecule has 0 aromatic rings. The lowest BCUT2D eigenvalue weighted by atomic mass is 9.91. The fraction of sp³-hybridized carbons (Fsp3) is 0.571. The van der Waals surface area contributed by atoms with E-state index in [2.05, 4.69) is 0 Å². The Bertz CT molecular complexity index is 185. The highest BCUT2D eigenvalue weighted by atomic mass is 27.0. The van der Waals surface area contributed by atoms with Crippen molar-refractivity contribution in [1.29, 1.82) is 0 Å². The second-order valence-electron chi connectivity index (χ2n) is 2.38. The monoisotopic (exact) mass is 188 g/mol. The van der Waals surface area contributed by atoms with Gasteiger partial charge < -0.3 is 5.11 Å². The lowest BCUT2D eigenvalue weighted by Gasteiger charge is -2.17. The summed E-state index contributed by atoms with van der Waals surface area (Å²) in [7, 11) is 0. The highest BCUT2D eigenvalue weighted by Gasteiger charge is 2.42. The van der Waals surface area contributed by atoms with Crippen LogP contribution in [0.25, 0.3) is 0 Å². The van der Waals surface area contributed by atoms with Gasteiger partial charge in [0.05, 0.1) is 0 Å². The van der Waals surface area contributed by atoms with Gasteiger partial charge in [-0.05, 0) is 20.8 Å². The van der Waals surface area contributed by atoms with Gasteiger partial charge in [-0.25, -0.2) is 0 Å². The number of Topliss-reactive ketones (excluding diaryl/α,β-unsaturated/α-hetero) is 3. The first-order chi connectivity index (χ1) is 4.83. The number of aliphatic hydroxyl groups is 1. The summed E-state index contributed by atoms with van der Waals surface area (Å²) in [5.74, 6) is -2.51. The molecular weight excluding hydrogens is 175 g/mol. The van der Waals surface area contributed by atoms with Crippen LogP contribution < -0.4 is 0 Å². The van der Waals surface area contributed by atoms with Gasteiger partial charge in [-0.1, -0.05) is 0 Å². The molecule has 5 heteroatoms. The molecule has 0 fully saturated rings. The van der Waals surface area contributed by atoms with Crippen molar-refractivity contribution in [3.63, 3.8) is 0 Å². The topological polar surface area (TPSA) is 71.4 Å². The molecule has 0 unspecified atom stereocenters. The van der Waals surface area contributed by atoms with E-state index in [1.54, 1.807) is 0 Å². The fourth-order valence-electron chi connectivity index (χ4n) is 0.744. The van der Waals surface area contributed by atoms with Crippen LogP contribution in [0.4, 0.5) is 0 Å². The SMILES string of the molecule is CC(=O)C(O)(C(C)=O)C(C)=O.[AlH3]. The Morgan fingerprint density at radius 1 is 0.917 bits per heavy atom. The van der Waals surface area contributed by atoms with E-state index in [9.17, 15) is 19.5 Å². The molecule has 0 amide bonds. The number of hydrogen-bond acceptors (Lipinski definition) is 4. The molecule has 1 N–H and O–H groups in total. The molecule has 0 atom stereocenters. The van der Waals surface area contributed by atoms with Crippen LogP contribution in [0.15, 0.2) is 0 Å². The lowest BCUT2D eigenvalue weighted by Crippen LogP contribution is -2.50. The highest BCUT2D eigenvalue weighted by Crippen LogP contribution is 2.08. The van der Waals surface area contributed by atoms with Crippen LogP contribution >= 0.6 is 0 Å². The van der Waals surface area contributed by atoms with Crippen molar-refractivity contribution < 1.29 is 19.5 Å². The zero-order valence-electron chi connectivity index (χ0n) is 6.67. The zero-order chi connectivity index (χ0) is 9.23. The molecule has 0 aromatic carbocycles. The summed E-state index contributed by atoms with van der Waals surface area (Å²) >= 11 is 0. The first-order valence-electron chi connectivity index (χ1n) is 3.09. The Morgan fingerprint density at radius 3 is 1.08 bits per heavy atom. The third-order valence-corrected chi connectivity index (χ3v) is 1.53. The second-order valence-corrected chi connectivity index (χ2v) is 2.38. The van der Waals surface area contributed by atoms with E-state index in [1.807, 2.05) is 0 Å². The molecule has 0 rings (SSSR count). The molecule has 0 aliphatic heterocycles. The molecule has 4 nitrogen and oxygen atoms in total. The maximum atomic E-state index is 10.7. The van der Waals surface area contributed by atoms with Gasteiger partial charge in [-0.2, -0.15) is 0 Å². The fourth-order valence-corrected chi connectivity index (χ4v) is 0.744. The molecule has 68 valence electrons. The lowest BCUT2D eigenvalue weighted by molar-refractivity contribution is -0.156. The van der Waals surface area contributed by atoms with Gasteiger partial charge in [0.25, 0.3) is 0 Å². The minimum atomic E-state index is -2.42. The van der Waals surface area contributed by atoms with Gasteiger partial charge in [0, 0.05) is 0 Å². The maximum absolute atomic E-state index is 10.7. The van der Waals surface area contributed by atoms with Crippen molar-refractivity contribution in [3.8, 4) is 0 Å². The summed E-state index contributed by atoms with van der Waals surface area (Å²) in [5, 5.41) is 9.19. The van der Waals surface area contributed by atoms with Gasteiger partial charge in [-0.15, -0.1) is 0 Å². The third-order valence-electron chi connectivity index (χ3n) is 1.53. The normalized spacial score (nSPS) is 10.0. The Hall–Kier alpha value is -0.498. The smallest absolute Gasteiger partial charge is 0.239 e. The predicted octanol–water partition coefficient (Wildman–Crippen LogP) is -1.70. The van der Waals surface area contributed by atoms with Gasteiger partial charge in [0.1, 0.15) is 0 Å². The van der Waals surface area contributed by atoms with Gasteiger partial charge in [-0.3, -0.25) is 14.4 Å². The number of rotatable bonds is 3. The molecule has 0 aromatic heterocycles. The van der Waals surface area contributed by atoms with E-state index in [4.69, 9.17) is 0 Å². The quantitative estimate of drug-likeness (QED) is 0.423. The molecule has 0 saturated heterocycles. The minimum Gasteiger partial charge on any atom is -0.369 e. The Labute approximate surface area is 81.1 Å². The van der Waals surface area contributed by atoms with Gasteiger partial charge >= 0.3 is 0 Å². The van der Waals surface area contributed by atoms with Crippen molar-refractivity contribution >= 4 is 34.7 Å². The van der Waals surface area contributed by atoms with E-state index in [-0.39, 0.29) is 17.4 Å². The Kier molecular flexibility index (Phi) is 5.28. The van der Waals surface area contributed by atoms with Crippen LogP contribution in [0.3, 0.4) is 0 Å². The Balaban J connectivity index is 0. The highest BCUT2D eigenvalue weighted by molar-refractivity contribution is 6.26. The Morgan fingerprint density at radius 2 is 1.08 bits per heavy atom. The summed E-state index contributed by atoms with van der Waals surface area (Å²) in [4.78, 5) is 32.0. The number of ketones is 3. The average Bonchev–Trinajstić information content (AvgIpc) is 1.84. The average molecular weight is 188 g/mol. The summed E-state index contributed by atoms with van der Waals surface area (Å²) in [6.07, 6.45) is 0. The zero-order valence-corrected chi connectivity index (χ0v) is 6.67. The predicted molar refractivity (Wildman–Crippen MR) is 46.9 cm³/mol. The number of carbonyl (C=O) groups excluding carboxylic acids is 3. The molecule has 0 spiro atoms. The summed E-state index contributed by atoms with van der Waals surface area (Å²) < 4.78 is 0. The molecule has 0 aliphatic rings. The van der Waals surface area contributed by atoms with E-state index < -0.39 is 23.0 Å². The van der Waals surface area contributed by atoms with Gasteiger partial charge in [0.2, 0.25) is 5.60 Å². The summed E-state index contributed by atoms with van der Waals surface area (Å²) in [6, 6.07) is 0. The van der Waals surface area contributed by atoms with Crippen LogP contribution in [0, 0.1) is 0 Å². The third kappa shape index (κ3) is 2.24. The molecule has 12 heavy (non-hydrogen) atoms. The van der Waals surface area contributed by atoms with Crippen LogP contribution in [0.5, 0.6) is 0 Å². The summed E-state index contributed by atoms with van der Waals surface area (Å²) in [6.45, 7) is 3.01. The molecule has 0 bridgehead atoms. The standard InChI is InChI=1S/C7H10O4.Al.3H/c1-4(8)7(11,5(2)9)6(3)10;;;;/h11H,1-3H3;;;;. The van der Waals surface area contributed by atoms with Gasteiger partial charge in [0.15, 0.2) is 34.7 Å². The van der Waals surface area contributed by atoms with Crippen molar-refractivity contribution in [3.05, 3.63) is 0 Å². The van der Waals surface area contributed by atoms with E-state index in [0.717, 1.165) is 20.8 Å². The van der Waals surface area contributed by atoms with E-state index >= 15 is 0 Å². The van der Waals surface area contributed by atoms with Crippen molar-refractivity contribution in [2.24, 2.45) is 0 Å². The molecule has 0 aliphatic carbocycles. The molecule has 0 saturated carbocycles. The maximum Gasteiger partial charge on any atom is 0.239 e. The second kappa shape index (κ2) is 4.51. The van der Waals surface area contributed by atoms with Crippen molar-refractivity contribution in [2.45, 2.75) is 26.4 Å². The minimum absolute atomic E-state index is 0. The molecule has 0 radical (unpaired) electrons. The first-order valence-corrected chi connectivity index (χ1v) is 3.09. The molecular formula is C7H13AlO4. The van der Waals surface area contributed by atoms with Crippen molar-refractivity contribution in [1.82, 2.24) is 0 Å². The van der Waals surface area contributed by atoms with Crippen molar-refractivity contribution in [2.75, 3.05) is 0 Å². The largest absolute Gasteiger partial charge is 0.369 e. The van der Waals surface area contributed by atoms with E-state index in [0.29, 0.717) is 0 Å². The van der Waals surface area contributed by atoms with Crippen LogP contribution in [0.2, 0.25) is 0 Å². The number of hydrogen-bond donors (Lipinski definition) is 1. The van der Waals surface area contributed by atoms with Crippen LogP contribution in [-0.2, 0) is 14.4 Å². The van der Waals surface area contributed by atoms with E-state index in [1.165, 1.54) is 0 Å². The first kappa shape index (κ1) is 14.1. The van der Waals surface area contributed by atoms with Crippen LogP contribution in [0.1, 0.15) is 20.8 Å². The number of carbonyl (C=O) groups is 3. The summed E-state index contributed by atoms with van der Waals surface area (Å²) in [5.41, 5.74) is -2.42. The molecule has 0 heterocycles. The van der Waals surface area contributed by atoms with Crippen LogP contribution in [-0.4, -0.2) is 45.4 Å².